The predicted molar refractivity (Wildman–Crippen MR) is 109 cm³/mol. The van der Waals surface area contributed by atoms with E-state index >= 15 is 0 Å². The van der Waals surface area contributed by atoms with Crippen molar-refractivity contribution in [1.82, 2.24) is 19.8 Å². The maximum absolute atomic E-state index is 12.9. The van der Waals surface area contributed by atoms with E-state index < -0.39 is 0 Å². The molecule has 1 saturated heterocycles. The SMILES string of the molecule is O=C(c1ccc2c(n1)CCC2)N1CCN(Cc2cccc3cccnc23)CC1. The van der Waals surface area contributed by atoms with Crippen LogP contribution < -0.4 is 0 Å². The summed E-state index contributed by atoms with van der Waals surface area (Å²) in [7, 11) is 0. The molecular weight excluding hydrogens is 348 g/mol. The minimum absolute atomic E-state index is 0.0705. The van der Waals surface area contributed by atoms with Gasteiger partial charge in [-0.05, 0) is 42.5 Å². The second kappa shape index (κ2) is 7.32. The molecule has 2 aliphatic rings. The molecule has 5 nitrogen and oxygen atoms in total. The standard InChI is InChI=1S/C23H24N4O/c28-23(21-10-9-17-4-2-8-20(17)25-21)27-14-12-26(13-15-27)16-19-6-1-5-18-7-3-11-24-22(18)19/h1,3,5-7,9-11H,2,4,8,12-16H2. The Balaban J connectivity index is 1.24. The molecule has 3 aromatic rings. The summed E-state index contributed by atoms with van der Waals surface area (Å²) in [6.45, 7) is 4.11. The fourth-order valence-electron chi connectivity index (χ4n) is 4.35. The Labute approximate surface area is 165 Å². The molecule has 1 aliphatic heterocycles. The molecule has 1 aliphatic carbocycles. The van der Waals surface area contributed by atoms with E-state index in [4.69, 9.17) is 0 Å². The van der Waals surface area contributed by atoms with Crippen LogP contribution >= 0.6 is 0 Å². The molecule has 0 saturated carbocycles. The average molecular weight is 372 g/mol. The molecule has 1 amide bonds. The number of piperazine rings is 1. The Morgan fingerprint density at radius 1 is 0.964 bits per heavy atom. The van der Waals surface area contributed by atoms with Gasteiger partial charge in [-0.2, -0.15) is 0 Å². The minimum atomic E-state index is 0.0705. The second-order valence-electron chi connectivity index (χ2n) is 7.72. The van der Waals surface area contributed by atoms with E-state index in [1.807, 2.05) is 23.2 Å². The van der Waals surface area contributed by atoms with Gasteiger partial charge in [-0.3, -0.25) is 14.7 Å². The van der Waals surface area contributed by atoms with Gasteiger partial charge in [-0.1, -0.05) is 30.3 Å². The van der Waals surface area contributed by atoms with Gasteiger partial charge >= 0.3 is 0 Å². The maximum atomic E-state index is 12.9. The topological polar surface area (TPSA) is 49.3 Å². The number of carbonyl (C=O) groups excluding carboxylic acids is 1. The third-order valence-electron chi connectivity index (χ3n) is 5.92. The van der Waals surface area contributed by atoms with Crippen LogP contribution in [0.15, 0.2) is 48.7 Å². The summed E-state index contributed by atoms with van der Waals surface area (Å²) in [5.74, 6) is 0.0705. The van der Waals surface area contributed by atoms with Crippen molar-refractivity contribution in [1.29, 1.82) is 0 Å². The number of fused-ring (bicyclic) bond motifs is 2. The molecule has 2 aromatic heterocycles. The first-order valence-corrected chi connectivity index (χ1v) is 10.1. The molecule has 1 aromatic carbocycles. The van der Waals surface area contributed by atoms with Gasteiger partial charge in [0.25, 0.3) is 5.91 Å². The Kier molecular flexibility index (Phi) is 4.53. The van der Waals surface area contributed by atoms with E-state index in [0.717, 1.165) is 63.2 Å². The van der Waals surface area contributed by atoms with Gasteiger partial charge in [0.2, 0.25) is 0 Å². The molecule has 0 atom stereocenters. The van der Waals surface area contributed by atoms with Gasteiger partial charge in [-0.15, -0.1) is 0 Å². The van der Waals surface area contributed by atoms with Crippen LogP contribution in [0.3, 0.4) is 0 Å². The second-order valence-corrected chi connectivity index (χ2v) is 7.72. The largest absolute Gasteiger partial charge is 0.335 e. The van der Waals surface area contributed by atoms with Crippen LogP contribution in [0.4, 0.5) is 0 Å². The van der Waals surface area contributed by atoms with Gasteiger partial charge in [0.1, 0.15) is 5.69 Å². The van der Waals surface area contributed by atoms with Crippen molar-refractivity contribution in [3.8, 4) is 0 Å². The lowest BCUT2D eigenvalue weighted by atomic mass is 10.1. The zero-order valence-electron chi connectivity index (χ0n) is 16.0. The molecule has 0 bridgehead atoms. The molecule has 28 heavy (non-hydrogen) atoms. The van der Waals surface area contributed by atoms with Gasteiger partial charge < -0.3 is 4.90 Å². The highest BCUT2D eigenvalue weighted by Crippen LogP contribution is 2.21. The van der Waals surface area contributed by atoms with Crippen molar-refractivity contribution >= 4 is 16.8 Å². The van der Waals surface area contributed by atoms with Crippen LogP contribution in [0.2, 0.25) is 0 Å². The summed E-state index contributed by atoms with van der Waals surface area (Å²) >= 11 is 0. The number of para-hydroxylation sites is 1. The van der Waals surface area contributed by atoms with Crippen molar-refractivity contribution in [2.24, 2.45) is 0 Å². The van der Waals surface area contributed by atoms with Crippen LogP contribution in [0.25, 0.3) is 10.9 Å². The first-order chi connectivity index (χ1) is 13.8. The Hall–Kier alpha value is -2.79. The number of aromatic nitrogens is 2. The van der Waals surface area contributed by atoms with Crippen molar-refractivity contribution in [2.75, 3.05) is 26.2 Å². The summed E-state index contributed by atoms with van der Waals surface area (Å²) in [4.78, 5) is 26.4. The van der Waals surface area contributed by atoms with Crippen LogP contribution in [0, 0.1) is 0 Å². The molecule has 1 fully saturated rings. The van der Waals surface area contributed by atoms with E-state index in [2.05, 4.69) is 45.2 Å². The molecule has 5 heteroatoms. The number of nitrogens with zero attached hydrogens (tertiary/aromatic N) is 4. The molecule has 0 spiro atoms. The number of hydrogen-bond donors (Lipinski definition) is 0. The predicted octanol–water partition coefficient (Wildman–Crippen LogP) is 3.08. The van der Waals surface area contributed by atoms with Crippen LogP contribution in [0.5, 0.6) is 0 Å². The van der Waals surface area contributed by atoms with Crippen LogP contribution in [0.1, 0.15) is 33.7 Å². The smallest absolute Gasteiger partial charge is 0.272 e. The Morgan fingerprint density at radius 2 is 1.82 bits per heavy atom. The average Bonchev–Trinajstić information content (AvgIpc) is 3.22. The summed E-state index contributed by atoms with van der Waals surface area (Å²) in [6.07, 6.45) is 5.11. The number of hydrogen-bond acceptors (Lipinski definition) is 4. The number of carbonyl (C=O) groups is 1. The molecule has 0 unspecified atom stereocenters. The third-order valence-corrected chi connectivity index (χ3v) is 5.92. The molecule has 3 heterocycles. The van der Waals surface area contributed by atoms with Crippen molar-refractivity contribution in [3.63, 3.8) is 0 Å². The fourth-order valence-corrected chi connectivity index (χ4v) is 4.35. The van der Waals surface area contributed by atoms with Crippen molar-refractivity contribution in [3.05, 3.63) is 71.2 Å². The zero-order chi connectivity index (χ0) is 18.9. The Bertz CT molecular complexity index is 1020. The monoisotopic (exact) mass is 372 g/mol. The summed E-state index contributed by atoms with van der Waals surface area (Å²) in [5, 5.41) is 1.18. The highest BCUT2D eigenvalue weighted by Gasteiger charge is 2.24. The third kappa shape index (κ3) is 3.27. The van der Waals surface area contributed by atoms with E-state index in [1.165, 1.54) is 16.5 Å². The lowest BCUT2D eigenvalue weighted by Gasteiger charge is -2.34. The van der Waals surface area contributed by atoms with Crippen LogP contribution in [-0.4, -0.2) is 51.9 Å². The van der Waals surface area contributed by atoms with Crippen LogP contribution in [-0.2, 0) is 19.4 Å². The molecular formula is C23H24N4O. The lowest BCUT2D eigenvalue weighted by molar-refractivity contribution is 0.0623. The van der Waals surface area contributed by atoms with Crippen molar-refractivity contribution in [2.45, 2.75) is 25.8 Å². The lowest BCUT2D eigenvalue weighted by Crippen LogP contribution is -2.48. The van der Waals surface area contributed by atoms with E-state index in [0.29, 0.717) is 5.69 Å². The van der Waals surface area contributed by atoms with E-state index in [1.54, 1.807) is 0 Å². The highest BCUT2D eigenvalue weighted by molar-refractivity contribution is 5.92. The Morgan fingerprint density at radius 3 is 2.71 bits per heavy atom. The summed E-state index contributed by atoms with van der Waals surface area (Å²) < 4.78 is 0. The number of pyridine rings is 2. The quantitative estimate of drug-likeness (QED) is 0.709. The van der Waals surface area contributed by atoms with Crippen molar-refractivity contribution < 1.29 is 4.79 Å². The van der Waals surface area contributed by atoms with E-state index in [-0.39, 0.29) is 5.91 Å². The molecule has 0 N–H and O–H groups in total. The van der Waals surface area contributed by atoms with Gasteiger partial charge in [0.05, 0.1) is 5.52 Å². The first-order valence-electron chi connectivity index (χ1n) is 10.1. The minimum Gasteiger partial charge on any atom is -0.335 e. The summed E-state index contributed by atoms with van der Waals surface area (Å²) in [6, 6.07) is 14.4. The highest BCUT2D eigenvalue weighted by atomic mass is 16.2. The molecule has 0 radical (unpaired) electrons. The van der Waals surface area contributed by atoms with Gasteiger partial charge in [-0.25, -0.2) is 4.98 Å². The van der Waals surface area contributed by atoms with E-state index in [9.17, 15) is 4.79 Å². The number of rotatable bonds is 3. The van der Waals surface area contributed by atoms with Gasteiger partial charge in [0.15, 0.2) is 0 Å². The normalized spacial score (nSPS) is 17.1. The maximum Gasteiger partial charge on any atom is 0.272 e. The molecule has 5 rings (SSSR count). The van der Waals surface area contributed by atoms with Gasteiger partial charge in [0, 0.05) is 50.0 Å². The number of amides is 1. The zero-order valence-corrected chi connectivity index (χ0v) is 16.0. The summed E-state index contributed by atoms with van der Waals surface area (Å²) in [5.41, 5.74) is 5.36. The number of benzene rings is 1. The number of aryl methyl sites for hydroxylation is 2. The first kappa shape index (κ1) is 17.3. The fraction of sp³-hybridized carbons (Fsp3) is 0.348. The molecule has 142 valence electrons.